The van der Waals surface area contributed by atoms with Crippen molar-refractivity contribution >= 4 is 5.97 Å². The molecule has 4 heteroatoms. The van der Waals surface area contributed by atoms with Crippen LogP contribution in [0.2, 0.25) is 0 Å². The van der Waals surface area contributed by atoms with E-state index in [2.05, 4.69) is 21.1 Å². The maximum absolute atomic E-state index is 11.0. The molecule has 0 aromatic heterocycles. The average Bonchev–Trinajstić information content (AvgIpc) is 2.14. The standard InChI is InChI=1S/C12H27N2O2/c1-11(13)12(15)16-10-8-6-5-7-9-14(2,3)4/h11H,5-10,13H2,1-4H3/q+1. The first-order valence-corrected chi connectivity index (χ1v) is 6.05. The third kappa shape index (κ3) is 9.93. The minimum Gasteiger partial charge on any atom is -0.465 e. The lowest BCUT2D eigenvalue weighted by Crippen LogP contribution is -2.35. The third-order valence-electron chi connectivity index (χ3n) is 2.34. The van der Waals surface area contributed by atoms with Gasteiger partial charge in [0.1, 0.15) is 6.04 Å². The van der Waals surface area contributed by atoms with Crippen molar-refractivity contribution in [3.63, 3.8) is 0 Å². The van der Waals surface area contributed by atoms with Crippen LogP contribution in [0.15, 0.2) is 0 Å². The Morgan fingerprint density at radius 3 is 2.25 bits per heavy atom. The fraction of sp³-hybridized carbons (Fsp3) is 0.917. The highest BCUT2D eigenvalue weighted by atomic mass is 16.5. The highest BCUT2D eigenvalue weighted by molar-refractivity contribution is 5.74. The Hall–Kier alpha value is -0.610. The second-order valence-corrected chi connectivity index (χ2v) is 5.38. The van der Waals surface area contributed by atoms with Crippen molar-refractivity contribution in [3.05, 3.63) is 0 Å². The van der Waals surface area contributed by atoms with Gasteiger partial charge in [0.2, 0.25) is 0 Å². The molecular weight excluding hydrogens is 204 g/mol. The highest BCUT2D eigenvalue weighted by Crippen LogP contribution is 2.03. The van der Waals surface area contributed by atoms with Gasteiger partial charge in [-0.2, -0.15) is 0 Å². The van der Waals surface area contributed by atoms with E-state index in [0.29, 0.717) is 6.61 Å². The van der Waals surface area contributed by atoms with E-state index in [1.54, 1.807) is 6.92 Å². The number of esters is 1. The number of carbonyl (C=O) groups excluding carboxylic acids is 1. The second-order valence-electron chi connectivity index (χ2n) is 5.38. The number of ether oxygens (including phenoxy) is 1. The van der Waals surface area contributed by atoms with E-state index < -0.39 is 6.04 Å². The first-order chi connectivity index (χ1) is 7.33. The van der Waals surface area contributed by atoms with Gasteiger partial charge in [-0.15, -0.1) is 0 Å². The molecule has 4 nitrogen and oxygen atoms in total. The quantitative estimate of drug-likeness (QED) is 0.387. The van der Waals surface area contributed by atoms with Crippen LogP contribution in [0, 0.1) is 0 Å². The van der Waals surface area contributed by atoms with Crippen LogP contribution in [0.1, 0.15) is 32.6 Å². The summed E-state index contributed by atoms with van der Waals surface area (Å²) in [7, 11) is 6.60. The second kappa shape index (κ2) is 7.63. The Balaban J connectivity index is 3.26. The van der Waals surface area contributed by atoms with Gasteiger partial charge in [-0.25, -0.2) is 0 Å². The van der Waals surface area contributed by atoms with E-state index in [4.69, 9.17) is 10.5 Å². The third-order valence-corrected chi connectivity index (χ3v) is 2.34. The molecule has 1 unspecified atom stereocenters. The molecule has 1 atom stereocenters. The fourth-order valence-electron chi connectivity index (χ4n) is 1.35. The Kier molecular flexibility index (Phi) is 7.34. The lowest BCUT2D eigenvalue weighted by atomic mass is 10.2. The van der Waals surface area contributed by atoms with E-state index in [1.165, 1.54) is 19.4 Å². The maximum Gasteiger partial charge on any atom is 0.322 e. The summed E-state index contributed by atoms with van der Waals surface area (Å²) in [6.45, 7) is 3.34. The smallest absolute Gasteiger partial charge is 0.322 e. The van der Waals surface area contributed by atoms with Gasteiger partial charge in [0, 0.05) is 0 Å². The van der Waals surface area contributed by atoms with Gasteiger partial charge in [0.25, 0.3) is 0 Å². The first kappa shape index (κ1) is 15.4. The number of nitrogens with two attached hydrogens (primary N) is 1. The van der Waals surface area contributed by atoms with Crippen LogP contribution in [0.3, 0.4) is 0 Å². The van der Waals surface area contributed by atoms with E-state index in [9.17, 15) is 4.79 Å². The Morgan fingerprint density at radius 2 is 1.75 bits per heavy atom. The van der Waals surface area contributed by atoms with Gasteiger partial charge in [-0.3, -0.25) is 4.79 Å². The zero-order valence-corrected chi connectivity index (χ0v) is 11.2. The Bertz CT molecular complexity index is 198. The van der Waals surface area contributed by atoms with Crippen LogP contribution in [0.4, 0.5) is 0 Å². The molecule has 0 saturated heterocycles. The van der Waals surface area contributed by atoms with Crippen LogP contribution >= 0.6 is 0 Å². The van der Waals surface area contributed by atoms with Crippen molar-refractivity contribution in [2.24, 2.45) is 5.73 Å². The summed E-state index contributed by atoms with van der Waals surface area (Å²) in [5, 5.41) is 0. The number of unbranched alkanes of at least 4 members (excludes halogenated alkanes) is 3. The van der Waals surface area contributed by atoms with Crippen molar-refractivity contribution in [2.45, 2.75) is 38.6 Å². The van der Waals surface area contributed by atoms with E-state index >= 15 is 0 Å². The summed E-state index contributed by atoms with van der Waals surface area (Å²) in [4.78, 5) is 11.0. The molecule has 0 aliphatic heterocycles. The highest BCUT2D eigenvalue weighted by Gasteiger charge is 2.08. The lowest BCUT2D eigenvalue weighted by Gasteiger charge is -2.23. The van der Waals surface area contributed by atoms with Crippen molar-refractivity contribution in [3.8, 4) is 0 Å². The fourth-order valence-corrected chi connectivity index (χ4v) is 1.35. The van der Waals surface area contributed by atoms with Gasteiger partial charge in [0.05, 0.1) is 34.3 Å². The number of hydrogen-bond acceptors (Lipinski definition) is 3. The van der Waals surface area contributed by atoms with Gasteiger partial charge >= 0.3 is 5.97 Å². The molecule has 16 heavy (non-hydrogen) atoms. The van der Waals surface area contributed by atoms with Gasteiger partial charge in [-0.05, 0) is 32.6 Å². The van der Waals surface area contributed by atoms with E-state index in [0.717, 1.165) is 17.3 Å². The molecule has 0 fully saturated rings. The molecule has 0 rings (SSSR count). The maximum atomic E-state index is 11.0. The summed E-state index contributed by atoms with van der Waals surface area (Å²) >= 11 is 0. The summed E-state index contributed by atoms with van der Waals surface area (Å²) in [5.41, 5.74) is 5.37. The molecule has 0 heterocycles. The van der Waals surface area contributed by atoms with Gasteiger partial charge in [0.15, 0.2) is 0 Å². The van der Waals surface area contributed by atoms with E-state index in [-0.39, 0.29) is 5.97 Å². The largest absolute Gasteiger partial charge is 0.465 e. The minimum atomic E-state index is -0.502. The predicted octanol–water partition coefficient (Wildman–Crippen LogP) is 1.14. The van der Waals surface area contributed by atoms with Crippen molar-refractivity contribution < 1.29 is 14.0 Å². The molecule has 0 bridgehead atoms. The molecular formula is C12H27N2O2+. The molecule has 0 aromatic carbocycles. The molecule has 0 saturated carbocycles. The van der Waals surface area contributed by atoms with Crippen LogP contribution in [0.25, 0.3) is 0 Å². The molecule has 0 aliphatic rings. The lowest BCUT2D eigenvalue weighted by molar-refractivity contribution is -0.870. The zero-order chi connectivity index (χ0) is 12.6. The van der Waals surface area contributed by atoms with Gasteiger partial charge < -0.3 is 15.0 Å². The van der Waals surface area contributed by atoms with Crippen LogP contribution < -0.4 is 5.73 Å². The summed E-state index contributed by atoms with van der Waals surface area (Å²) in [5.74, 6) is -0.300. The monoisotopic (exact) mass is 231 g/mol. The average molecular weight is 231 g/mol. The molecule has 0 aromatic rings. The number of nitrogens with zero attached hydrogens (tertiary/aromatic N) is 1. The molecule has 0 spiro atoms. The van der Waals surface area contributed by atoms with Crippen LogP contribution in [0.5, 0.6) is 0 Å². The molecule has 0 radical (unpaired) electrons. The SMILES string of the molecule is CC(N)C(=O)OCCCCCC[N+](C)(C)C. The summed E-state index contributed by atoms with van der Waals surface area (Å²) in [6.07, 6.45) is 4.48. The number of hydrogen-bond donors (Lipinski definition) is 1. The number of carbonyl (C=O) groups is 1. The Labute approximate surface area is 99.3 Å². The van der Waals surface area contributed by atoms with Crippen molar-refractivity contribution in [2.75, 3.05) is 34.3 Å². The first-order valence-electron chi connectivity index (χ1n) is 6.05. The van der Waals surface area contributed by atoms with Crippen LogP contribution in [-0.2, 0) is 9.53 Å². The van der Waals surface area contributed by atoms with Crippen molar-refractivity contribution in [1.29, 1.82) is 0 Å². The normalized spacial score (nSPS) is 13.6. The summed E-state index contributed by atoms with van der Waals surface area (Å²) < 4.78 is 6.00. The zero-order valence-electron chi connectivity index (χ0n) is 11.2. The molecule has 0 aliphatic carbocycles. The molecule has 96 valence electrons. The van der Waals surface area contributed by atoms with E-state index in [1.807, 2.05) is 0 Å². The predicted molar refractivity (Wildman–Crippen MR) is 66.0 cm³/mol. The molecule has 2 N–H and O–H groups in total. The van der Waals surface area contributed by atoms with Gasteiger partial charge in [-0.1, -0.05) is 0 Å². The minimum absolute atomic E-state index is 0.300. The summed E-state index contributed by atoms with van der Waals surface area (Å²) in [6, 6.07) is -0.502. The number of rotatable bonds is 8. The topological polar surface area (TPSA) is 52.3 Å². The van der Waals surface area contributed by atoms with Crippen LogP contribution in [-0.4, -0.2) is 50.8 Å². The van der Waals surface area contributed by atoms with Crippen molar-refractivity contribution in [1.82, 2.24) is 0 Å². The molecule has 0 amide bonds. The number of quaternary nitrogens is 1. The Morgan fingerprint density at radius 1 is 1.19 bits per heavy atom.